The van der Waals surface area contributed by atoms with Crippen molar-refractivity contribution in [1.29, 1.82) is 0 Å². The number of hydrogen-bond acceptors (Lipinski definition) is 5. The lowest BCUT2D eigenvalue weighted by Crippen LogP contribution is -2.49. The largest absolute Gasteiger partial charge is 0.495 e. The first-order valence-corrected chi connectivity index (χ1v) is 9.33. The normalized spacial score (nSPS) is 14.4. The highest BCUT2D eigenvalue weighted by Crippen LogP contribution is 2.29. The Kier molecular flexibility index (Phi) is 4.81. The van der Waals surface area contributed by atoms with Gasteiger partial charge >= 0.3 is 0 Å². The van der Waals surface area contributed by atoms with Crippen molar-refractivity contribution in [3.8, 4) is 11.5 Å². The number of rotatable bonds is 4. The molecule has 0 atom stereocenters. The maximum atomic E-state index is 13.2. The van der Waals surface area contributed by atoms with E-state index in [2.05, 4.69) is 16.0 Å². The third kappa shape index (κ3) is 3.02. The molecule has 0 aliphatic carbocycles. The van der Waals surface area contributed by atoms with Gasteiger partial charge in [-0.1, -0.05) is 12.1 Å². The zero-order valence-electron chi connectivity index (χ0n) is 16.4. The van der Waals surface area contributed by atoms with Crippen LogP contribution in [0.15, 0.2) is 42.6 Å². The molecule has 1 saturated heterocycles. The highest BCUT2D eigenvalue weighted by Gasteiger charge is 2.27. The van der Waals surface area contributed by atoms with Crippen LogP contribution in [0.2, 0.25) is 0 Å². The molecule has 1 amide bonds. The van der Waals surface area contributed by atoms with Crippen LogP contribution in [0.25, 0.3) is 5.65 Å². The molecule has 0 radical (unpaired) electrons. The Balaban J connectivity index is 1.55. The van der Waals surface area contributed by atoms with Crippen molar-refractivity contribution in [2.24, 2.45) is 0 Å². The summed E-state index contributed by atoms with van der Waals surface area (Å²) in [4.78, 5) is 21.9. The average Bonchev–Trinajstić information content (AvgIpc) is 3.09. The molecular weight excluding hydrogens is 356 g/mol. The maximum absolute atomic E-state index is 13.2. The van der Waals surface area contributed by atoms with Crippen molar-refractivity contribution in [2.45, 2.75) is 6.92 Å². The van der Waals surface area contributed by atoms with Gasteiger partial charge in [-0.3, -0.25) is 9.20 Å². The van der Waals surface area contributed by atoms with E-state index in [1.165, 1.54) is 0 Å². The molecule has 0 bridgehead atoms. The zero-order valence-corrected chi connectivity index (χ0v) is 16.4. The second-order valence-electron chi connectivity index (χ2n) is 6.77. The summed E-state index contributed by atoms with van der Waals surface area (Å²) in [6.07, 6.45) is 1.86. The Bertz CT molecular complexity index is 1010. The molecule has 3 aromatic rings. The van der Waals surface area contributed by atoms with E-state index >= 15 is 0 Å². The molecule has 0 saturated carbocycles. The highest BCUT2D eigenvalue weighted by atomic mass is 16.5. The Morgan fingerprint density at radius 3 is 2.36 bits per heavy atom. The number of benzene rings is 1. The first-order chi connectivity index (χ1) is 13.6. The summed E-state index contributed by atoms with van der Waals surface area (Å²) in [6, 6.07) is 11.7. The summed E-state index contributed by atoms with van der Waals surface area (Å²) in [5.41, 5.74) is 3.03. The fourth-order valence-electron chi connectivity index (χ4n) is 3.76. The number of pyridine rings is 1. The Morgan fingerprint density at radius 2 is 1.64 bits per heavy atom. The number of fused-ring (bicyclic) bond motifs is 1. The molecule has 0 N–H and O–H groups in total. The molecule has 1 aromatic carbocycles. The van der Waals surface area contributed by atoms with E-state index in [9.17, 15) is 4.79 Å². The number of piperazine rings is 1. The van der Waals surface area contributed by atoms with Gasteiger partial charge in [0.25, 0.3) is 5.91 Å². The minimum Gasteiger partial charge on any atom is -0.495 e. The number of carbonyl (C=O) groups excluding carboxylic acids is 1. The van der Waals surface area contributed by atoms with Crippen molar-refractivity contribution < 1.29 is 14.3 Å². The van der Waals surface area contributed by atoms with Crippen molar-refractivity contribution in [1.82, 2.24) is 14.3 Å². The lowest BCUT2D eigenvalue weighted by molar-refractivity contribution is 0.0739. The van der Waals surface area contributed by atoms with E-state index in [0.717, 1.165) is 24.5 Å². The van der Waals surface area contributed by atoms with Crippen LogP contribution in [0.4, 0.5) is 5.69 Å². The van der Waals surface area contributed by atoms with Crippen LogP contribution in [0.1, 0.15) is 16.2 Å². The Hall–Kier alpha value is -3.22. The summed E-state index contributed by atoms with van der Waals surface area (Å²) >= 11 is 0. The van der Waals surface area contributed by atoms with Gasteiger partial charge in [-0.2, -0.15) is 0 Å². The quantitative estimate of drug-likeness (QED) is 0.696. The molecule has 0 spiro atoms. The first-order valence-electron chi connectivity index (χ1n) is 9.33. The smallest absolute Gasteiger partial charge is 0.272 e. The van der Waals surface area contributed by atoms with Gasteiger partial charge in [-0.25, -0.2) is 4.98 Å². The van der Waals surface area contributed by atoms with Crippen LogP contribution >= 0.6 is 0 Å². The molecule has 0 unspecified atom stereocenters. The lowest BCUT2D eigenvalue weighted by Gasteiger charge is -2.36. The average molecular weight is 380 g/mol. The van der Waals surface area contributed by atoms with Crippen LogP contribution in [0, 0.1) is 6.92 Å². The molecule has 2 aromatic heterocycles. The van der Waals surface area contributed by atoms with Crippen molar-refractivity contribution >= 4 is 17.2 Å². The number of imidazole rings is 1. The molecular formula is C21H24N4O3. The molecule has 1 aliphatic heterocycles. The SMILES string of the molecule is COc1ccccc1N1CCN(C(=O)c2c(C)nc3c(OC)cccn23)CC1. The van der Waals surface area contributed by atoms with Crippen LogP contribution < -0.4 is 14.4 Å². The van der Waals surface area contributed by atoms with Gasteiger partial charge in [0.2, 0.25) is 0 Å². The standard InChI is InChI=1S/C21H24N4O3/c1-15-19(25-10-6-9-18(28-3)20(25)22-15)21(26)24-13-11-23(12-14-24)16-7-4-5-8-17(16)27-2/h4-10H,11-14H2,1-3H3. The van der Waals surface area contributed by atoms with Gasteiger partial charge in [0.15, 0.2) is 11.4 Å². The molecule has 1 aliphatic rings. The number of aromatic nitrogens is 2. The second-order valence-corrected chi connectivity index (χ2v) is 6.77. The fraction of sp³-hybridized carbons (Fsp3) is 0.333. The number of amides is 1. The van der Waals surface area contributed by atoms with Gasteiger partial charge in [-0.15, -0.1) is 0 Å². The molecule has 28 heavy (non-hydrogen) atoms. The number of anilines is 1. The van der Waals surface area contributed by atoms with Crippen LogP contribution in [0.3, 0.4) is 0 Å². The zero-order chi connectivity index (χ0) is 19.7. The van der Waals surface area contributed by atoms with E-state index in [0.29, 0.717) is 35.9 Å². The van der Waals surface area contributed by atoms with Crippen LogP contribution in [0.5, 0.6) is 11.5 Å². The van der Waals surface area contributed by atoms with E-state index < -0.39 is 0 Å². The molecule has 7 heteroatoms. The lowest BCUT2D eigenvalue weighted by atomic mass is 10.2. The number of nitrogens with zero attached hydrogens (tertiary/aromatic N) is 4. The number of aryl methyl sites for hydroxylation is 1. The van der Waals surface area contributed by atoms with E-state index in [1.807, 2.05) is 52.8 Å². The second kappa shape index (κ2) is 7.42. The summed E-state index contributed by atoms with van der Waals surface area (Å²) in [5.74, 6) is 1.51. The van der Waals surface area contributed by atoms with Gasteiger partial charge in [0.05, 0.1) is 25.6 Å². The van der Waals surface area contributed by atoms with E-state index in [-0.39, 0.29) is 5.91 Å². The Morgan fingerprint density at radius 1 is 0.964 bits per heavy atom. The number of hydrogen-bond donors (Lipinski definition) is 0. The highest BCUT2D eigenvalue weighted by molar-refractivity contribution is 5.95. The number of methoxy groups -OCH3 is 2. The molecule has 1 fully saturated rings. The topological polar surface area (TPSA) is 59.3 Å². The number of ether oxygens (including phenoxy) is 2. The third-order valence-electron chi connectivity index (χ3n) is 5.20. The Labute approximate surface area is 164 Å². The predicted molar refractivity (Wildman–Crippen MR) is 108 cm³/mol. The molecule has 3 heterocycles. The van der Waals surface area contributed by atoms with Crippen LogP contribution in [-0.2, 0) is 0 Å². The number of para-hydroxylation sites is 2. The molecule has 7 nitrogen and oxygen atoms in total. The van der Waals surface area contributed by atoms with Crippen molar-refractivity contribution in [3.63, 3.8) is 0 Å². The monoisotopic (exact) mass is 380 g/mol. The minimum atomic E-state index is -0.00192. The van der Waals surface area contributed by atoms with Gasteiger partial charge in [0, 0.05) is 32.4 Å². The number of carbonyl (C=O) groups is 1. The van der Waals surface area contributed by atoms with Crippen molar-refractivity contribution in [2.75, 3.05) is 45.3 Å². The van der Waals surface area contributed by atoms with Gasteiger partial charge < -0.3 is 19.3 Å². The van der Waals surface area contributed by atoms with E-state index in [1.54, 1.807) is 14.2 Å². The van der Waals surface area contributed by atoms with E-state index in [4.69, 9.17) is 9.47 Å². The summed E-state index contributed by atoms with van der Waals surface area (Å²) in [7, 11) is 3.29. The molecule has 4 rings (SSSR count). The van der Waals surface area contributed by atoms with Crippen LogP contribution in [-0.4, -0.2) is 60.6 Å². The summed E-state index contributed by atoms with van der Waals surface area (Å²) in [5, 5.41) is 0. The van der Waals surface area contributed by atoms with Gasteiger partial charge in [-0.05, 0) is 31.2 Å². The maximum Gasteiger partial charge on any atom is 0.272 e. The minimum absolute atomic E-state index is 0.00192. The van der Waals surface area contributed by atoms with Crippen molar-refractivity contribution in [3.05, 3.63) is 54.0 Å². The molecule has 146 valence electrons. The van der Waals surface area contributed by atoms with Gasteiger partial charge in [0.1, 0.15) is 11.4 Å². The third-order valence-corrected chi connectivity index (χ3v) is 5.20. The fourth-order valence-corrected chi connectivity index (χ4v) is 3.76. The predicted octanol–water partition coefficient (Wildman–Crippen LogP) is 2.62. The summed E-state index contributed by atoms with van der Waals surface area (Å²) < 4.78 is 12.7. The summed E-state index contributed by atoms with van der Waals surface area (Å²) in [6.45, 7) is 4.67. The first kappa shape index (κ1) is 18.2.